The zero-order valence-corrected chi connectivity index (χ0v) is 20.1. The number of carbonyl (C=O) groups is 1. The molecule has 0 aliphatic carbocycles. The van der Waals surface area contributed by atoms with Gasteiger partial charge in [-0.3, -0.25) is 24.1 Å². The molecule has 2 N–H and O–H groups in total. The highest BCUT2D eigenvalue weighted by atomic mass is 16.5. The number of nitrogens with one attached hydrogen (secondary N) is 1. The first-order valence-corrected chi connectivity index (χ1v) is 11.0. The summed E-state index contributed by atoms with van der Waals surface area (Å²) < 4.78 is 5.90. The van der Waals surface area contributed by atoms with E-state index in [1.807, 2.05) is 32.9 Å². The summed E-state index contributed by atoms with van der Waals surface area (Å²) in [6.45, 7) is 5.45. The third-order valence-electron chi connectivity index (χ3n) is 5.94. The molecule has 0 radical (unpaired) electrons. The van der Waals surface area contributed by atoms with Crippen molar-refractivity contribution in [2.45, 2.75) is 32.6 Å². The van der Waals surface area contributed by atoms with Crippen molar-refractivity contribution < 1.29 is 14.4 Å². The SMILES string of the molecule is Cc1cnc(C)c([C@@H](c2ccccc2C#N)[C@H](C)c2nc(C(=O)Nc3cnoc3)c(O)c(=O)n2C)n1. The van der Waals surface area contributed by atoms with Crippen molar-refractivity contribution in [2.75, 3.05) is 5.32 Å². The van der Waals surface area contributed by atoms with Gasteiger partial charge < -0.3 is 14.9 Å². The number of nitrogens with zero attached hydrogens (tertiary/aromatic N) is 6. The first-order chi connectivity index (χ1) is 17.2. The fourth-order valence-electron chi connectivity index (χ4n) is 4.15. The van der Waals surface area contributed by atoms with Gasteiger partial charge in [0.25, 0.3) is 11.5 Å². The zero-order chi connectivity index (χ0) is 26.0. The van der Waals surface area contributed by atoms with Crippen molar-refractivity contribution in [1.29, 1.82) is 5.26 Å². The molecule has 0 aliphatic rings. The molecule has 0 aliphatic heterocycles. The van der Waals surface area contributed by atoms with Gasteiger partial charge in [-0.1, -0.05) is 30.3 Å². The third-order valence-corrected chi connectivity index (χ3v) is 5.94. The summed E-state index contributed by atoms with van der Waals surface area (Å²) in [6, 6.07) is 9.32. The van der Waals surface area contributed by atoms with Gasteiger partial charge in [-0.05, 0) is 25.5 Å². The molecule has 1 amide bonds. The van der Waals surface area contributed by atoms with Crippen LogP contribution in [0.25, 0.3) is 0 Å². The van der Waals surface area contributed by atoms with Crippen LogP contribution >= 0.6 is 0 Å². The number of rotatable bonds is 6. The van der Waals surface area contributed by atoms with E-state index in [2.05, 4.69) is 26.5 Å². The standard InChI is InChI=1S/C25H23N7O4/c1-13-10-27-15(3)20(29-13)19(18-8-6-5-7-16(18)9-26)14(2)23-31-21(22(33)25(35)32(23)4)24(34)30-17-11-28-36-12-17/h5-8,10-12,14,19,33H,1-4H3,(H,30,34)/t14-,19+/m0/s1. The van der Waals surface area contributed by atoms with Gasteiger partial charge in [0.05, 0.1) is 34.9 Å². The molecule has 0 spiro atoms. The van der Waals surface area contributed by atoms with E-state index in [1.165, 1.54) is 24.1 Å². The maximum absolute atomic E-state index is 12.9. The maximum atomic E-state index is 12.9. The van der Waals surface area contributed by atoms with Crippen molar-refractivity contribution in [3.8, 4) is 11.8 Å². The summed E-state index contributed by atoms with van der Waals surface area (Å²) in [5.41, 5.74) is 2.07. The Morgan fingerprint density at radius 1 is 1.22 bits per heavy atom. The van der Waals surface area contributed by atoms with E-state index in [1.54, 1.807) is 18.3 Å². The first kappa shape index (κ1) is 24.3. The molecular formula is C25H23N7O4. The molecule has 0 unspecified atom stereocenters. The van der Waals surface area contributed by atoms with E-state index in [0.29, 0.717) is 28.2 Å². The average molecular weight is 486 g/mol. The van der Waals surface area contributed by atoms with Crippen LogP contribution < -0.4 is 10.9 Å². The lowest BCUT2D eigenvalue weighted by molar-refractivity contribution is 0.101. The molecule has 4 aromatic rings. The first-order valence-electron chi connectivity index (χ1n) is 11.0. The van der Waals surface area contributed by atoms with E-state index >= 15 is 0 Å². The summed E-state index contributed by atoms with van der Waals surface area (Å²) in [7, 11) is 1.46. The molecule has 4 rings (SSSR count). The molecule has 0 saturated carbocycles. The van der Waals surface area contributed by atoms with Gasteiger partial charge in [0.15, 0.2) is 5.69 Å². The smallest absolute Gasteiger partial charge is 0.296 e. The number of benzene rings is 1. The lowest BCUT2D eigenvalue weighted by atomic mass is 9.81. The zero-order valence-electron chi connectivity index (χ0n) is 20.1. The number of nitriles is 1. The fourth-order valence-corrected chi connectivity index (χ4v) is 4.15. The highest BCUT2D eigenvalue weighted by Gasteiger charge is 2.32. The van der Waals surface area contributed by atoms with Gasteiger partial charge >= 0.3 is 0 Å². The van der Waals surface area contributed by atoms with Crippen LogP contribution in [0.1, 0.15) is 63.3 Å². The average Bonchev–Trinajstić information content (AvgIpc) is 3.38. The summed E-state index contributed by atoms with van der Waals surface area (Å²) in [5, 5.41) is 26.3. The van der Waals surface area contributed by atoms with Crippen molar-refractivity contribution in [2.24, 2.45) is 7.05 Å². The second-order valence-corrected chi connectivity index (χ2v) is 8.35. The van der Waals surface area contributed by atoms with E-state index < -0.39 is 34.7 Å². The predicted molar refractivity (Wildman–Crippen MR) is 129 cm³/mol. The van der Waals surface area contributed by atoms with Gasteiger partial charge in [0.1, 0.15) is 17.8 Å². The molecule has 36 heavy (non-hydrogen) atoms. The highest BCUT2D eigenvalue weighted by Crippen LogP contribution is 2.39. The number of anilines is 1. The van der Waals surface area contributed by atoms with Crippen LogP contribution in [0.3, 0.4) is 0 Å². The number of hydrogen-bond donors (Lipinski definition) is 2. The van der Waals surface area contributed by atoms with Crippen molar-refractivity contribution >= 4 is 11.6 Å². The number of carbonyl (C=O) groups excluding carboxylic acids is 1. The minimum Gasteiger partial charge on any atom is -0.501 e. The van der Waals surface area contributed by atoms with E-state index in [-0.39, 0.29) is 11.5 Å². The largest absolute Gasteiger partial charge is 0.501 e. The lowest BCUT2D eigenvalue weighted by Gasteiger charge is -2.27. The molecule has 3 aromatic heterocycles. The molecule has 0 fully saturated rings. The van der Waals surface area contributed by atoms with Crippen LogP contribution in [0.4, 0.5) is 5.69 Å². The normalized spacial score (nSPS) is 12.5. The van der Waals surface area contributed by atoms with Crippen molar-refractivity contribution in [3.63, 3.8) is 0 Å². The Morgan fingerprint density at radius 2 is 1.97 bits per heavy atom. The molecule has 0 saturated heterocycles. The van der Waals surface area contributed by atoms with Gasteiger partial charge in [0, 0.05) is 25.1 Å². The number of aryl methyl sites for hydroxylation is 2. The molecule has 1 aromatic carbocycles. The third kappa shape index (κ3) is 4.44. The van der Waals surface area contributed by atoms with Gasteiger partial charge in [-0.15, -0.1) is 0 Å². The molecular weight excluding hydrogens is 462 g/mol. The van der Waals surface area contributed by atoms with Crippen LogP contribution in [0.5, 0.6) is 5.75 Å². The quantitative estimate of drug-likeness (QED) is 0.418. The molecule has 3 heterocycles. The van der Waals surface area contributed by atoms with Gasteiger partial charge in [-0.25, -0.2) is 4.98 Å². The summed E-state index contributed by atoms with van der Waals surface area (Å²) >= 11 is 0. The Bertz CT molecular complexity index is 1540. The molecule has 11 nitrogen and oxygen atoms in total. The van der Waals surface area contributed by atoms with E-state index in [4.69, 9.17) is 9.51 Å². The summed E-state index contributed by atoms with van der Waals surface area (Å²) in [6.07, 6.45) is 4.12. The van der Waals surface area contributed by atoms with Crippen LogP contribution in [0.2, 0.25) is 0 Å². The minimum atomic E-state index is -0.803. The Hall–Kier alpha value is -4.85. The minimum absolute atomic E-state index is 0.216. The number of aromatic hydroxyl groups is 1. The van der Waals surface area contributed by atoms with Crippen LogP contribution in [-0.4, -0.2) is 35.7 Å². The van der Waals surface area contributed by atoms with Gasteiger partial charge in [-0.2, -0.15) is 5.26 Å². The highest BCUT2D eigenvalue weighted by molar-refractivity contribution is 6.04. The summed E-state index contributed by atoms with van der Waals surface area (Å²) in [4.78, 5) is 39.4. The van der Waals surface area contributed by atoms with E-state index in [9.17, 15) is 20.0 Å². The maximum Gasteiger partial charge on any atom is 0.296 e. The molecule has 2 atom stereocenters. The number of amides is 1. The molecule has 182 valence electrons. The lowest BCUT2D eigenvalue weighted by Crippen LogP contribution is -2.30. The second-order valence-electron chi connectivity index (χ2n) is 8.35. The summed E-state index contributed by atoms with van der Waals surface area (Å²) in [5.74, 6) is -2.47. The van der Waals surface area contributed by atoms with Crippen LogP contribution in [0.15, 0.2) is 52.2 Å². The predicted octanol–water partition coefficient (Wildman–Crippen LogP) is 2.94. The monoisotopic (exact) mass is 485 g/mol. The fraction of sp³-hybridized carbons (Fsp3) is 0.240. The van der Waals surface area contributed by atoms with Crippen molar-refractivity contribution in [3.05, 3.63) is 93.0 Å². The Kier molecular flexibility index (Phi) is 6.60. The topological polar surface area (TPSA) is 160 Å². The Morgan fingerprint density at radius 3 is 2.67 bits per heavy atom. The van der Waals surface area contributed by atoms with Crippen LogP contribution in [0, 0.1) is 25.2 Å². The van der Waals surface area contributed by atoms with Crippen molar-refractivity contribution in [1.82, 2.24) is 24.7 Å². The van der Waals surface area contributed by atoms with Crippen LogP contribution in [-0.2, 0) is 7.05 Å². The van der Waals surface area contributed by atoms with E-state index in [0.717, 1.165) is 0 Å². The second kappa shape index (κ2) is 9.79. The van der Waals surface area contributed by atoms with Gasteiger partial charge in [0.2, 0.25) is 5.75 Å². The Balaban J connectivity index is 1.91. The number of aromatic nitrogens is 5. The Labute approximate surface area is 206 Å². The number of hydrogen-bond acceptors (Lipinski definition) is 9. The molecule has 0 bridgehead atoms. The molecule has 11 heteroatoms.